The number of aliphatic hydroxyl groups is 1. The first-order chi connectivity index (χ1) is 54.7. The molecule has 1 saturated carbocycles. The van der Waals surface area contributed by atoms with Crippen molar-refractivity contribution in [2.24, 2.45) is 22.7 Å². The van der Waals surface area contributed by atoms with E-state index in [0.717, 1.165) is 48.2 Å². The third kappa shape index (κ3) is 26.2. The summed E-state index contributed by atoms with van der Waals surface area (Å²) < 4.78 is 73.9. The molecule has 1 saturated heterocycles. The minimum absolute atomic E-state index is 0.0136. The number of likely N-dealkylation sites (tertiary alicyclic amines) is 1. The van der Waals surface area contributed by atoms with Crippen molar-refractivity contribution in [2.75, 3.05) is 156 Å². The highest BCUT2D eigenvalue weighted by molar-refractivity contribution is 6.07. The van der Waals surface area contributed by atoms with Gasteiger partial charge in [0.25, 0.3) is 11.8 Å². The molecule has 5 aliphatic heterocycles. The lowest BCUT2D eigenvalue weighted by molar-refractivity contribution is -0.140. The quantitative estimate of drug-likeness (QED) is 0.0273. The van der Waals surface area contributed by atoms with E-state index in [-0.39, 0.29) is 129 Å². The van der Waals surface area contributed by atoms with Gasteiger partial charge in [0, 0.05) is 68.8 Å². The van der Waals surface area contributed by atoms with E-state index in [0.29, 0.717) is 159 Å². The zero-order chi connectivity index (χ0) is 80.6. The number of amides is 9. The molecule has 1 aliphatic carbocycles. The second-order valence-corrected chi connectivity index (χ2v) is 28.9. The Morgan fingerprint density at radius 1 is 0.575 bits per heavy atom. The van der Waals surface area contributed by atoms with E-state index in [4.69, 9.17) is 61.6 Å². The molecular formula is C81H113N9O23. The van der Waals surface area contributed by atoms with Gasteiger partial charge in [-0.1, -0.05) is 56.4 Å². The second kappa shape index (κ2) is 45.7. The first-order valence-electron chi connectivity index (χ1n) is 39.3. The normalized spacial score (nSPS) is 18.5. The smallest absolute Gasteiger partial charge is 0.416 e. The number of nitrogens with zero attached hydrogens (tertiary/aromatic N) is 5. The van der Waals surface area contributed by atoms with E-state index in [1.54, 1.807) is 67.6 Å². The first-order valence-corrected chi connectivity index (χ1v) is 39.3. The maximum absolute atomic E-state index is 14.3. The van der Waals surface area contributed by atoms with Gasteiger partial charge >= 0.3 is 6.09 Å². The van der Waals surface area contributed by atoms with Crippen LogP contribution in [0.4, 0.5) is 21.9 Å². The molecule has 5 heterocycles. The van der Waals surface area contributed by atoms with Gasteiger partial charge < -0.3 is 97.8 Å². The Labute approximate surface area is 660 Å². The molecule has 1 unspecified atom stereocenters. The number of carbonyl (C=O) groups is 9. The number of imide groups is 1. The molecule has 113 heavy (non-hydrogen) atoms. The minimum Gasteiger partial charge on any atom is -0.493 e. The fraction of sp³-hybridized carbons (Fsp3) is 0.605. The van der Waals surface area contributed by atoms with E-state index < -0.39 is 54.1 Å². The fourth-order valence-electron chi connectivity index (χ4n) is 13.9. The average molecular weight is 1580 g/mol. The zero-order valence-electron chi connectivity index (χ0n) is 66.2. The molecule has 3 aromatic rings. The highest BCUT2D eigenvalue weighted by Crippen LogP contribution is 2.43. The molecule has 5 N–H and O–H groups in total. The van der Waals surface area contributed by atoms with Gasteiger partial charge in [-0.3, -0.25) is 48.2 Å². The molecule has 3 aromatic carbocycles. The lowest BCUT2D eigenvalue weighted by atomic mass is 9.79. The van der Waals surface area contributed by atoms with Crippen LogP contribution in [0.25, 0.3) is 0 Å². The number of anilines is 2. The summed E-state index contributed by atoms with van der Waals surface area (Å²) in [5.74, 6) is -1.52. The Morgan fingerprint density at radius 2 is 1.12 bits per heavy atom. The number of fused-ring (bicyclic) bond motifs is 4. The SMILES string of the molecule is COc1cc2c(cc1OCCCCCOc1cc3c(cc1OC)C(=O)N1C=C(C)C[C@H]1[C@H](O)N3C(=O)OCc1ccc(NC(=O)[C@H](C)NC(=O)[C@@H](NC(=O)CCOCCOCCOCCOCCOCCOCCOCCOCCNC(=O)CCN3C(=O)CC(C4CCCCC4)C3=O)C(C)C)cc1)N=C[C@@H]1CC(C)=CN1C2=O. The number of aliphatic hydroxyl groups excluding tert-OH is 1. The minimum atomic E-state index is -1.53. The third-order valence-electron chi connectivity index (χ3n) is 20.1. The van der Waals surface area contributed by atoms with E-state index in [1.807, 2.05) is 20.0 Å². The lowest BCUT2D eigenvalue weighted by Crippen LogP contribution is -2.53. The van der Waals surface area contributed by atoms with Gasteiger partial charge in [-0.25, -0.2) is 9.69 Å². The number of methoxy groups -OCH3 is 2. The average Bonchev–Trinajstić information content (AvgIpc) is 1.60. The van der Waals surface area contributed by atoms with Crippen LogP contribution in [0.2, 0.25) is 0 Å². The van der Waals surface area contributed by atoms with Crippen LogP contribution < -0.4 is 45.1 Å². The van der Waals surface area contributed by atoms with Gasteiger partial charge in [0.1, 0.15) is 18.7 Å². The van der Waals surface area contributed by atoms with Gasteiger partial charge in [0.05, 0.1) is 174 Å². The predicted molar refractivity (Wildman–Crippen MR) is 414 cm³/mol. The number of ether oxygens (including phenoxy) is 13. The lowest BCUT2D eigenvalue weighted by Gasteiger charge is -2.31. The largest absolute Gasteiger partial charge is 0.493 e. The highest BCUT2D eigenvalue weighted by atomic mass is 16.6. The number of hydrogen-bond acceptors (Lipinski definition) is 24. The van der Waals surface area contributed by atoms with Gasteiger partial charge in [0.15, 0.2) is 29.2 Å². The van der Waals surface area contributed by atoms with Crippen molar-refractivity contribution in [2.45, 2.75) is 155 Å². The number of hydrogen-bond donors (Lipinski definition) is 5. The van der Waals surface area contributed by atoms with Crippen molar-refractivity contribution < 1.29 is 110 Å². The molecule has 0 aromatic heterocycles. The Bertz CT molecular complexity index is 3770. The molecule has 0 spiro atoms. The second-order valence-electron chi connectivity index (χ2n) is 28.9. The number of nitrogens with one attached hydrogen (secondary N) is 4. The predicted octanol–water partition coefficient (Wildman–Crippen LogP) is 7.33. The van der Waals surface area contributed by atoms with E-state index in [1.165, 1.54) is 49.5 Å². The molecule has 6 atom stereocenters. The van der Waals surface area contributed by atoms with Crippen LogP contribution >= 0.6 is 0 Å². The summed E-state index contributed by atoms with van der Waals surface area (Å²) in [6.45, 7) is 15.1. The molecular weight excluding hydrogens is 1470 g/mol. The third-order valence-corrected chi connectivity index (χ3v) is 20.1. The van der Waals surface area contributed by atoms with Crippen LogP contribution in [-0.2, 0) is 78.0 Å². The van der Waals surface area contributed by atoms with Crippen LogP contribution in [0.5, 0.6) is 23.0 Å². The Hall–Kier alpha value is -9.12. The summed E-state index contributed by atoms with van der Waals surface area (Å²) in [6, 6.07) is 9.94. The van der Waals surface area contributed by atoms with E-state index in [2.05, 4.69) is 26.3 Å². The number of carbonyl (C=O) groups excluding carboxylic acids is 9. The van der Waals surface area contributed by atoms with Gasteiger partial charge in [0.2, 0.25) is 35.4 Å². The first kappa shape index (κ1) is 87.8. The summed E-state index contributed by atoms with van der Waals surface area (Å²) in [6.07, 6.45) is 11.5. The summed E-state index contributed by atoms with van der Waals surface area (Å²) in [5.41, 5.74) is 3.92. The van der Waals surface area contributed by atoms with Crippen molar-refractivity contribution in [1.29, 1.82) is 0 Å². The maximum atomic E-state index is 14.3. The Morgan fingerprint density at radius 3 is 1.72 bits per heavy atom. The van der Waals surface area contributed by atoms with Crippen LogP contribution in [0.1, 0.15) is 144 Å². The molecule has 9 rings (SSSR count). The van der Waals surface area contributed by atoms with Gasteiger partial charge in [-0.05, 0) is 107 Å². The summed E-state index contributed by atoms with van der Waals surface area (Å²) in [5, 5.41) is 23.0. The van der Waals surface area contributed by atoms with Crippen molar-refractivity contribution in [3.63, 3.8) is 0 Å². The van der Waals surface area contributed by atoms with Crippen LogP contribution in [0.15, 0.2) is 77.1 Å². The molecule has 0 bridgehead atoms. The van der Waals surface area contributed by atoms with Crippen LogP contribution in [0.3, 0.4) is 0 Å². The molecule has 0 radical (unpaired) electrons. The molecule has 620 valence electrons. The van der Waals surface area contributed by atoms with Crippen molar-refractivity contribution >= 4 is 76.6 Å². The maximum Gasteiger partial charge on any atom is 0.416 e. The number of benzene rings is 3. The summed E-state index contributed by atoms with van der Waals surface area (Å²) in [7, 11) is 2.96. The van der Waals surface area contributed by atoms with Crippen LogP contribution in [0, 0.1) is 17.8 Å². The van der Waals surface area contributed by atoms with Crippen molar-refractivity contribution in [3.05, 3.63) is 88.8 Å². The standard InChI is InChI=1S/C81H113N9O23/c1-53(2)74(86-72(92)21-26-103-28-30-105-32-34-107-36-38-109-40-41-110-39-37-108-35-33-106-31-29-104-27-22-82-71(91)20-23-87-73(93)46-61(77(87)96)58-14-10-8-11-15-58)76(95)84-56(5)75(94)85-59-18-16-57(17-19-59)52-113-81(100)90-65-48-70(68(102-7)45-63(65)79(98)89-51-55(4)43-66(89)80(90)99)112-25-13-9-12-24-111-69-47-64-62(44-67(69)101-6)78(97)88-50-54(3)42-60(88)49-83-64/h16-19,44-45,47-51,53,56,58,60-61,66,74,80,99H,8-15,20-43,46,52H2,1-7H3,(H,82,91)(H,84,95)(H,85,94)(H,86,92)/t56-,60-,61?,66-,74-,80-/m0/s1. The molecule has 2 fully saturated rings. The number of aliphatic imine (C=N–C) groups is 1. The Balaban J connectivity index is 0.574. The number of rotatable bonds is 49. The van der Waals surface area contributed by atoms with Crippen molar-refractivity contribution in [1.82, 2.24) is 30.7 Å². The van der Waals surface area contributed by atoms with Gasteiger partial charge in [-0.15, -0.1) is 0 Å². The molecule has 6 aliphatic rings. The van der Waals surface area contributed by atoms with Crippen molar-refractivity contribution in [3.8, 4) is 23.0 Å². The Kier molecular flexibility index (Phi) is 35.5. The molecule has 9 amide bonds. The van der Waals surface area contributed by atoms with Crippen LogP contribution in [-0.4, -0.2) is 256 Å². The monoisotopic (exact) mass is 1580 g/mol. The van der Waals surface area contributed by atoms with E-state index in [9.17, 15) is 48.3 Å². The summed E-state index contributed by atoms with van der Waals surface area (Å²) in [4.78, 5) is 129. The molecule has 32 nitrogen and oxygen atoms in total. The van der Waals surface area contributed by atoms with Gasteiger partial charge in [-0.2, -0.15) is 0 Å². The highest BCUT2D eigenvalue weighted by Gasteiger charge is 2.46. The molecule has 32 heteroatoms. The fourth-order valence-corrected chi connectivity index (χ4v) is 13.9. The topological polar surface area (TPSA) is 367 Å². The summed E-state index contributed by atoms with van der Waals surface area (Å²) >= 11 is 0. The zero-order valence-corrected chi connectivity index (χ0v) is 66.2. The van der Waals surface area contributed by atoms with E-state index >= 15 is 0 Å². The number of unbranched alkanes of at least 4 members (excludes halogenated alkanes) is 2.